The molecule has 1 aliphatic heterocycles. The van der Waals surface area contributed by atoms with Crippen LogP contribution >= 0.6 is 0 Å². The van der Waals surface area contributed by atoms with Crippen molar-refractivity contribution < 1.29 is 5.11 Å². The average Bonchev–Trinajstić information content (AvgIpc) is 1.56. The Kier molecular flexibility index (Phi) is 2.32. The molecule has 1 unspecified atom stereocenters. The standard InChI is InChI=1S/C8H17NO/c1-3-4-8(2,10)7-5-9-6-7/h7,9-10H,3-6H2,1-2H3. The summed E-state index contributed by atoms with van der Waals surface area (Å²) in [5.74, 6) is 0.493. The van der Waals surface area contributed by atoms with Crippen molar-refractivity contribution in [1.29, 1.82) is 0 Å². The van der Waals surface area contributed by atoms with Crippen LogP contribution in [-0.4, -0.2) is 23.8 Å². The van der Waals surface area contributed by atoms with Gasteiger partial charge in [0, 0.05) is 19.0 Å². The summed E-state index contributed by atoms with van der Waals surface area (Å²) in [7, 11) is 0. The van der Waals surface area contributed by atoms with Crippen LogP contribution in [0.25, 0.3) is 0 Å². The maximum absolute atomic E-state index is 9.79. The lowest BCUT2D eigenvalue weighted by Crippen LogP contribution is -2.54. The van der Waals surface area contributed by atoms with E-state index in [9.17, 15) is 5.11 Å². The molecule has 0 radical (unpaired) electrons. The monoisotopic (exact) mass is 143 g/mol. The quantitative estimate of drug-likeness (QED) is 0.611. The predicted octanol–water partition coefficient (Wildman–Crippen LogP) is 0.757. The Morgan fingerprint density at radius 2 is 2.20 bits per heavy atom. The van der Waals surface area contributed by atoms with Crippen LogP contribution in [0.1, 0.15) is 26.7 Å². The maximum Gasteiger partial charge on any atom is 0.0672 e. The Labute approximate surface area is 62.6 Å². The van der Waals surface area contributed by atoms with Crippen LogP contribution in [0, 0.1) is 5.92 Å². The fourth-order valence-corrected chi connectivity index (χ4v) is 1.44. The number of hydrogen-bond donors (Lipinski definition) is 2. The van der Waals surface area contributed by atoms with Gasteiger partial charge in [-0.05, 0) is 13.3 Å². The molecule has 1 saturated heterocycles. The molecule has 0 aliphatic carbocycles. The van der Waals surface area contributed by atoms with Gasteiger partial charge in [-0.2, -0.15) is 0 Å². The van der Waals surface area contributed by atoms with Gasteiger partial charge in [0.15, 0.2) is 0 Å². The molecule has 0 aromatic carbocycles. The predicted molar refractivity (Wildman–Crippen MR) is 41.9 cm³/mol. The summed E-state index contributed by atoms with van der Waals surface area (Å²) < 4.78 is 0. The van der Waals surface area contributed by atoms with Crippen LogP contribution in [0.5, 0.6) is 0 Å². The molecule has 1 fully saturated rings. The molecule has 0 bridgehead atoms. The zero-order chi connectivity index (χ0) is 7.61. The highest BCUT2D eigenvalue weighted by Gasteiger charge is 2.34. The molecule has 1 aliphatic rings. The van der Waals surface area contributed by atoms with Crippen LogP contribution in [0.4, 0.5) is 0 Å². The third-order valence-electron chi connectivity index (χ3n) is 2.42. The SMILES string of the molecule is CCCC(C)(O)C1CNC1. The van der Waals surface area contributed by atoms with Crippen molar-refractivity contribution in [2.45, 2.75) is 32.3 Å². The third kappa shape index (κ3) is 1.50. The minimum Gasteiger partial charge on any atom is -0.390 e. The minimum atomic E-state index is -0.417. The fourth-order valence-electron chi connectivity index (χ4n) is 1.44. The van der Waals surface area contributed by atoms with Gasteiger partial charge in [0.05, 0.1) is 5.60 Å². The van der Waals surface area contributed by atoms with Gasteiger partial charge in [0.1, 0.15) is 0 Å². The largest absolute Gasteiger partial charge is 0.390 e. The van der Waals surface area contributed by atoms with Crippen LogP contribution in [0.2, 0.25) is 0 Å². The molecule has 0 aromatic heterocycles. The molecule has 60 valence electrons. The van der Waals surface area contributed by atoms with E-state index in [2.05, 4.69) is 12.2 Å². The summed E-state index contributed by atoms with van der Waals surface area (Å²) in [5.41, 5.74) is -0.417. The van der Waals surface area contributed by atoms with Gasteiger partial charge >= 0.3 is 0 Å². The highest BCUT2D eigenvalue weighted by Crippen LogP contribution is 2.25. The first-order chi connectivity index (χ1) is 4.67. The lowest BCUT2D eigenvalue weighted by molar-refractivity contribution is -0.0301. The zero-order valence-electron chi connectivity index (χ0n) is 6.85. The van der Waals surface area contributed by atoms with Crippen molar-refractivity contribution in [2.75, 3.05) is 13.1 Å². The molecule has 1 heterocycles. The van der Waals surface area contributed by atoms with Crippen molar-refractivity contribution >= 4 is 0 Å². The van der Waals surface area contributed by atoms with E-state index in [0.29, 0.717) is 5.92 Å². The van der Waals surface area contributed by atoms with E-state index in [1.807, 2.05) is 6.92 Å². The highest BCUT2D eigenvalue weighted by atomic mass is 16.3. The number of hydrogen-bond acceptors (Lipinski definition) is 2. The van der Waals surface area contributed by atoms with E-state index in [-0.39, 0.29) is 0 Å². The van der Waals surface area contributed by atoms with Gasteiger partial charge in [0.2, 0.25) is 0 Å². The van der Waals surface area contributed by atoms with E-state index in [0.717, 1.165) is 25.9 Å². The molecule has 2 nitrogen and oxygen atoms in total. The van der Waals surface area contributed by atoms with Gasteiger partial charge in [-0.15, -0.1) is 0 Å². The van der Waals surface area contributed by atoms with Gasteiger partial charge in [0.25, 0.3) is 0 Å². The highest BCUT2D eigenvalue weighted by molar-refractivity contribution is 4.90. The molecule has 0 saturated carbocycles. The summed E-state index contributed by atoms with van der Waals surface area (Å²) in [6.07, 6.45) is 2.00. The van der Waals surface area contributed by atoms with E-state index < -0.39 is 5.60 Å². The van der Waals surface area contributed by atoms with E-state index in [1.54, 1.807) is 0 Å². The summed E-state index contributed by atoms with van der Waals surface area (Å²) in [5, 5.41) is 13.0. The maximum atomic E-state index is 9.79. The van der Waals surface area contributed by atoms with E-state index >= 15 is 0 Å². The van der Waals surface area contributed by atoms with Crippen molar-refractivity contribution in [2.24, 2.45) is 5.92 Å². The Bertz CT molecular complexity index is 108. The second-order valence-electron chi connectivity index (χ2n) is 3.46. The molecule has 0 amide bonds. The van der Waals surface area contributed by atoms with Crippen LogP contribution < -0.4 is 5.32 Å². The zero-order valence-corrected chi connectivity index (χ0v) is 6.85. The molecule has 2 heteroatoms. The normalized spacial score (nSPS) is 25.5. The van der Waals surface area contributed by atoms with E-state index in [1.165, 1.54) is 0 Å². The first-order valence-electron chi connectivity index (χ1n) is 4.10. The molecule has 0 spiro atoms. The molecular weight excluding hydrogens is 126 g/mol. The Hall–Kier alpha value is -0.0800. The number of rotatable bonds is 3. The second kappa shape index (κ2) is 2.89. The molecule has 1 atom stereocenters. The lowest BCUT2D eigenvalue weighted by Gasteiger charge is -2.39. The van der Waals surface area contributed by atoms with Crippen molar-refractivity contribution in [3.05, 3.63) is 0 Å². The fraction of sp³-hybridized carbons (Fsp3) is 1.00. The number of aliphatic hydroxyl groups is 1. The van der Waals surface area contributed by atoms with Crippen LogP contribution in [0.3, 0.4) is 0 Å². The second-order valence-corrected chi connectivity index (χ2v) is 3.46. The molecule has 0 aromatic rings. The lowest BCUT2D eigenvalue weighted by atomic mass is 9.81. The Balaban J connectivity index is 2.33. The Morgan fingerprint density at radius 1 is 1.60 bits per heavy atom. The molecule has 2 N–H and O–H groups in total. The Morgan fingerprint density at radius 3 is 2.50 bits per heavy atom. The van der Waals surface area contributed by atoms with Crippen molar-refractivity contribution in [3.63, 3.8) is 0 Å². The first kappa shape index (κ1) is 8.02. The molecule has 10 heavy (non-hydrogen) atoms. The number of nitrogens with one attached hydrogen (secondary N) is 1. The van der Waals surface area contributed by atoms with Crippen LogP contribution in [0.15, 0.2) is 0 Å². The minimum absolute atomic E-state index is 0.417. The smallest absolute Gasteiger partial charge is 0.0672 e. The average molecular weight is 143 g/mol. The third-order valence-corrected chi connectivity index (χ3v) is 2.42. The van der Waals surface area contributed by atoms with Gasteiger partial charge in [-0.25, -0.2) is 0 Å². The van der Waals surface area contributed by atoms with E-state index in [4.69, 9.17) is 0 Å². The van der Waals surface area contributed by atoms with Gasteiger partial charge < -0.3 is 10.4 Å². The summed E-state index contributed by atoms with van der Waals surface area (Å²) in [4.78, 5) is 0. The topological polar surface area (TPSA) is 32.3 Å². The van der Waals surface area contributed by atoms with Gasteiger partial charge in [-0.3, -0.25) is 0 Å². The molecule has 1 rings (SSSR count). The van der Waals surface area contributed by atoms with Crippen molar-refractivity contribution in [3.8, 4) is 0 Å². The summed E-state index contributed by atoms with van der Waals surface area (Å²) in [6.45, 7) is 6.04. The van der Waals surface area contributed by atoms with Crippen LogP contribution in [-0.2, 0) is 0 Å². The van der Waals surface area contributed by atoms with Gasteiger partial charge in [-0.1, -0.05) is 13.3 Å². The summed E-state index contributed by atoms with van der Waals surface area (Å²) >= 11 is 0. The molecular formula is C8H17NO. The van der Waals surface area contributed by atoms with Crippen molar-refractivity contribution in [1.82, 2.24) is 5.32 Å². The first-order valence-corrected chi connectivity index (χ1v) is 4.10. The summed E-state index contributed by atoms with van der Waals surface area (Å²) in [6, 6.07) is 0.